The zero-order valence-electron chi connectivity index (χ0n) is 15.1. The summed E-state index contributed by atoms with van der Waals surface area (Å²) in [4.78, 5) is 43.8. The fourth-order valence-electron chi connectivity index (χ4n) is 3.79. The Labute approximate surface area is 171 Å². The first-order valence-corrected chi connectivity index (χ1v) is 9.60. The van der Waals surface area contributed by atoms with E-state index in [1.165, 1.54) is 0 Å². The highest BCUT2D eigenvalue weighted by molar-refractivity contribution is 6.63. The van der Waals surface area contributed by atoms with Crippen molar-refractivity contribution < 1.29 is 14.4 Å². The second kappa shape index (κ2) is 7.11. The molecule has 1 aromatic heterocycles. The summed E-state index contributed by atoms with van der Waals surface area (Å²) >= 11 is 12.6. The fraction of sp³-hybridized carbons (Fsp3) is 0.250. The molecule has 1 N–H and O–H groups in total. The van der Waals surface area contributed by atoms with Crippen molar-refractivity contribution in [1.82, 2.24) is 14.8 Å². The number of allylic oxidation sites excluding steroid dienone is 3. The second-order valence-corrected chi connectivity index (χ2v) is 7.56. The molecule has 1 amide bonds. The first-order valence-electron chi connectivity index (χ1n) is 8.85. The summed E-state index contributed by atoms with van der Waals surface area (Å²) in [7, 11) is 0. The molecule has 28 heavy (non-hydrogen) atoms. The Bertz CT molecular complexity index is 1080. The van der Waals surface area contributed by atoms with E-state index in [9.17, 15) is 14.4 Å². The number of para-hydroxylation sites is 1. The molecule has 2 aliphatic rings. The lowest BCUT2D eigenvalue weighted by Gasteiger charge is -2.36. The van der Waals surface area contributed by atoms with E-state index in [1.807, 2.05) is 31.2 Å². The number of nitrogens with one attached hydrogen (secondary N) is 1. The summed E-state index contributed by atoms with van der Waals surface area (Å²) in [5.74, 6) is -0.933. The van der Waals surface area contributed by atoms with Crippen LogP contribution in [-0.2, 0) is 14.4 Å². The summed E-state index contributed by atoms with van der Waals surface area (Å²) in [6.07, 6.45) is 0.776. The van der Waals surface area contributed by atoms with E-state index in [-0.39, 0.29) is 27.1 Å². The number of hydrogen-bond acceptors (Lipinski definition) is 4. The van der Waals surface area contributed by atoms with Gasteiger partial charge in [0.2, 0.25) is 18.0 Å². The maximum Gasteiger partial charge on any atom is 0.218 e. The van der Waals surface area contributed by atoms with Gasteiger partial charge in [-0.05, 0) is 13.0 Å². The third-order valence-electron chi connectivity index (χ3n) is 5.19. The number of carbonyl (C=O) groups is 3. The van der Waals surface area contributed by atoms with E-state index >= 15 is 0 Å². The van der Waals surface area contributed by atoms with Crippen molar-refractivity contribution in [2.75, 3.05) is 26.2 Å². The molecule has 0 radical (unpaired) electrons. The fourth-order valence-corrected chi connectivity index (χ4v) is 4.41. The Morgan fingerprint density at radius 3 is 2.36 bits per heavy atom. The summed E-state index contributed by atoms with van der Waals surface area (Å²) in [5.41, 5.74) is 2.54. The molecular formula is C20H17Cl2N3O3. The van der Waals surface area contributed by atoms with Gasteiger partial charge < -0.3 is 14.8 Å². The largest absolute Gasteiger partial charge is 0.363 e. The van der Waals surface area contributed by atoms with Gasteiger partial charge in [-0.25, -0.2) is 0 Å². The molecule has 2 heterocycles. The number of Topliss-reactive ketones (excluding diaryl/α,β-unsaturated/α-hetero) is 2. The maximum absolute atomic E-state index is 13.5. The predicted molar refractivity (Wildman–Crippen MR) is 108 cm³/mol. The number of benzene rings is 1. The Morgan fingerprint density at radius 2 is 1.68 bits per heavy atom. The zero-order chi connectivity index (χ0) is 20.0. The van der Waals surface area contributed by atoms with Crippen LogP contribution in [0.5, 0.6) is 0 Å². The van der Waals surface area contributed by atoms with Crippen molar-refractivity contribution in [1.29, 1.82) is 0 Å². The summed E-state index contributed by atoms with van der Waals surface area (Å²) in [6, 6.07) is 7.54. The smallest absolute Gasteiger partial charge is 0.218 e. The lowest BCUT2D eigenvalue weighted by molar-refractivity contribution is -0.120. The summed E-state index contributed by atoms with van der Waals surface area (Å²) in [6.45, 7) is 3.59. The van der Waals surface area contributed by atoms with Crippen LogP contribution in [0.1, 0.15) is 11.3 Å². The van der Waals surface area contributed by atoms with E-state index in [1.54, 1.807) is 9.80 Å². The van der Waals surface area contributed by atoms with E-state index < -0.39 is 5.78 Å². The Morgan fingerprint density at radius 1 is 1.00 bits per heavy atom. The Kier molecular flexibility index (Phi) is 4.77. The van der Waals surface area contributed by atoms with E-state index in [0.717, 1.165) is 23.0 Å². The second-order valence-electron chi connectivity index (χ2n) is 6.81. The van der Waals surface area contributed by atoms with Gasteiger partial charge in [-0.1, -0.05) is 41.4 Å². The predicted octanol–water partition coefficient (Wildman–Crippen LogP) is 2.80. The normalized spacial score (nSPS) is 18.5. The quantitative estimate of drug-likeness (QED) is 0.615. The number of rotatable bonds is 3. The van der Waals surface area contributed by atoms with Gasteiger partial charge in [-0.2, -0.15) is 0 Å². The third kappa shape index (κ3) is 2.84. The number of aryl methyl sites for hydroxylation is 1. The maximum atomic E-state index is 13.5. The van der Waals surface area contributed by atoms with Crippen LogP contribution in [0.25, 0.3) is 16.5 Å². The van der Waals surface area contributed by atoms with Crippen molar-refractivity contribution in [3.63, 3.8) is 0 Å². The molecule has 0 unspecified atom stereocenters. The average molecular weight is 418 g/mol. The van der Waals surface area contributed by atoms with Gasteiger partial charge in [-0.3, -0.25) is 14.4 Å². The number of aromatic amines is 1. The van der Waals surface area contributed by atoms with Crippen molar-refractivity contribution >= 4 is 57.7 Å². The highest BCUT2D eigenvalue weighted by Gasteiger charge is 2.38. The molecule has 4 rings (SSSR count). The number of H-pyrrole nitrogens is 1. The van der Waals surface area contributed by atoms with Crippen LogP contribution >= 0.6 is 23.2 Å². The van der Waals surface area contributed by atoms with E-state index in [4.69, 9.17) is 23.2 Å². The molecule has 0 saturated carbocycles. The van der Waals surface area contributed by atoms with Crippen molar-refractivity contribution in [2.45, 2.75) is 6.92 Å². The number of halogens is 2. The molecule has 8 heteroatoms. The van der Waals surface area contributed by atoms with Crippen molar-refractivity contribution in [2.24, 2.45) is 0 Å². The Hall–Kier alpha value is -2.57. The molecular weight excluding hydrogens is 401 g/mol. The molecule has 1 aromatic carbocycles. The van der Waals surface area contributed by atoms with Gasteiger partial charge in [0.15, 0.2) is 0 Å². The summed E-state index contributed by atoms with van der Waals surface area (Å²) < 4.78 is 0. The number of amides is 1. The van der Waals surface area contributed by atoms with Gasteiger partial charge in [0, 0.05) is 48.3 Å². The lowest BCUT2D eigenvalue weighted by Crippen LogP contribution is -2.47. The molecule has 0 bridgehead atoms. The molecule has 1 aliphatic heterocycles. The van der Waals surface area contributed by atoms with Crippen molar-refractivity contribution in [3.8, 4) is 0 Å². The Balaban J connectivity index is 1.81. The molecule has 1 saturated heterocycles. The minimum absolute atomic E-state index is 0.154. The molecule has 1 fully saturated rings. The van der Waals surface area contributed by atoms with Crippen LogP contribution < -0.4 is 0 Å². The SMILES string of the molecule is Cc1[nH]c2ccccc2c1C1=C(Cl)C(=O)C(Cl)=C(N2CCN(C=O)CC2)C1=O. The van der Waals surface area contributed by atoms with Gasteiger partial charge in [0.05, 0.1) is 5.57 Å². The van der Waals surface area contributed by atoms with Crippen LogP contribution in [0.2, 0.25) is 0 Å². The topological polar surface area (TPSA) is 73.5 Å². The standard InChI is InChI=1S/C20H17Cl2N3O3/c1-11-14(12-4-2-3-5-13(12)23-11)15-16(21)20(28)17(22)18(19(15)27)25-8-6-24(10-26)7-9-25/h2-5,10,23H,6-9H2,1H3. The molecule has 0 spiro atoms. The van der Waals surface area contributed by atoms with Crippen LogP contribution in [0, 0.1) is 6.92 Å². The lowest BCUT2D eigenvalue weighted by atomic mass is 9.91. The molecule has 2 aromatic rings. The molecule has 1 aliphatic carbocycles. The highest BCUT2D eigenvalue weighted by Crippen LogP contribution is 2.40. The van der Waals surface area contributed by atoms with E-state index in [2.05, 4.69) is 4.98 Å². The molecule has 6 nitrogen and oxygen atoms in total. The van der Waals surface area contributed by atoms with Crippen LogP contribution in [-0.4, -0.2) is 58.9 Å². The number of fused-ring (bicyclic) bond motifs is 1. The number of piperazine rings is 1. The number of carbonyl (C=O) groups excluding carboxylic acids is 3. The number of ketones is 2. The first-order chi connectivity index (χ1) is 13.4. The third-order valence-corrected chi connectivity index (χ3v) is 5.90. The number of aromatic nitrogens is 1. The van der Waals surface area contributed by atoms with Gasteiger partial charge in [0.25, 0.3) is 0 Å². The number of hydrogen-bond donors (Lipinski definition) is 1. The summed E-state index contributed by atoms with van der Waals surface area (Å²) in [5, 5.41) is 0.478. The van der Waals surface area contributed by atoms with Gasteiger partial charge >= 0.3 is 0 Å². The number of nitrogens with zero attached hydrogens (tertiary/aromatic N) is 2. The first kappa shape index (κ1) is 18.8. The van der Waals surface area contributed by atoms with Gasteiger partial charge in [-0.15, -0.1) is 0 Å². The zero-order valence-corrected chi connectivity index (χ0v) is 16.6. The monoisotopic (exact) mass is 417 g/mol. The molecule has 0 atom stereocenters. The average Bonchev–Trinajstić information content (AvgIpc) is 3.03. The van der Waals surface area contributed by atoms with Crippen LogP contribution in [0.15, 0.2) is 40.0 Å². The minimum Gasteiger partial charge on any atom is -0.363 e. The molecule has 144 valence electrons. The highest BCUT2D eigenvalue weighted by atomic mass is 35.5. The van der Waals surface area contributed by atoms with Crippen molar-refractivity contribution in [3.05, 3.63) is 51.3 Å². The van der Waals surface area contributed by atoms with Crippen LogP contribution in [0.3, 0.4) is 0 Å². The van der Waals surface area contributed by atoms with Crippen LogP contribution in [0.4, 0.5) is 0 Å². The van der Waals surface area contributed by atoms with Gasteiger partial charge in [0.1, 0.15) is 15.8 Å². The van der Waals surface area contributed by atoms with E-state index in [0.29, 0.717) is 31.7 Å². The minimum atomic E-state index is -0.560.